The van der Waals surface area contributed by atoms with Crippen LogP contribution in [0.15, 0.2) is 29.8 Å². The Morgan fingerprint density at radius 3 is 2.00 bits per heavy atom. The highest BCUT2D eigenvalue weighted by molar-refractivity contribution is 5.78. The summed E-state index contributed by atoms with van der Waals surface area (Å²) in [4.78, 5) is 3.77. The van der Waals surface area contributed by atoms with Crippen LogP contribution >= 0.6 is 0 Å². The van der Waals surface area contributed by atoms with Crippen molar-refractivity contribution in [2.24, 2.45) is 30.6 Å². The topological polar surface area (TPSA) is 126 Å². The molecule has 0 saturated heterocycles. The summed E-state index contributed by atoms with van der Waals surface area (Å²) in [5.41, 5.74) is 16.9. The van der Waals surface area contributed by atoms with Gasteiger partial charge < -0.3 is 17.2 Å². The van der Waals surface area contributed by atoms with Crippen LogP contribution in [-0.4, -0.2) is 25.5 Å². The Balaban J connectivity index is 0.000000181. The second kappa shape index (κ2) is 5.54. The predicted molar refractivity (Wildman–Crippen MR) is 66.3 cm³/mol. The van der Waals surface area contributed by atoms with E-state index in [1.165, 1.54) is 0 Å². The highest BCUT2D eigenvalue weighted by Crippen LogP contribution is 2.06. The monoisotopic (exact) mass is 236 g/mol. The molecular weight excluding hydrogens is 220 g/mol. The molecule has 0 aliphatic rings. The van der Waals surface area contributed by atoms with Crippen molar-refractivity contribution in [1.82, 2.24) is 19.6 Å². The zero-order valence-electron chi connectivity index (χ0n) is 9.78. The lowest BCUT2D eigenvalue weighted by atomic mass is 10.6. The Morgan fingerprint density at radius 1 is 1.12 bits per heavy atom. The molecular formula is C9H16N8. The molecule has 0 aliphatic carbocycles. The number of hydrogen-bond acceptors (Lipinski definition) is 4. The van der Waals surface area contributed by atoms with Crippen molar-refractivity contribution in [2.45, 2.75) is 0 Å². The SMILES string of the molecule is Cn1cc(N)cn1.Cn1cc(N=C(N)N)cn1. The van der Waals surface area contributed by atoms with Crippen molar-refractivity contribution in [3.8, 4) is 0 Å². The van der Waals surface area contributed by atoms with Crippen molar-refractivity contribution >= 4 is 17.3 Å². The van der Waals surface area contributed by atoms with E-state index in [0.29, 0.717) is 11.4 Å². The number of aromatic nitrogens is 4. The molecule has 0 spiro atoms. The Kier molecular flexibility index (Phi) is 4.09. The third kappa shape index (κ3) is 4.69. The number of nitrogen functional groups attached to an aromatic ring is 1. The number of aliphatic imine (C=N–C) groups is 1. The van der Waals surface area contributed by atoms with Gasteiger partial charge in [0.15, 0.2) is 5.96 Å². The first-order valence-corrected chi connectivity index (χ1v) is 4.80. The van der Waals surface area contributed by atoms with Gasteiger partial charge in [-0.2, -0.15) is 10.2 Å². The molecule has 0 bridgehead atoms. The molecule has 0 fully saturated rings. The van der Waals surface area contributed by atoms with E-state index in [2.05, 4.69) is 15.2 Å². The third-order valence-corrected chi connectivity index (χ3v) is 1.67. The average molecular weight is 236 g/mol. The zero-order valence-corrected chi connectivity index (χ0v) is 9.78. The minimum absolute atomic E-state index is 0.0491. The van der Waals surface area contributed by atoms with Crippen molar-refractivity contribution in [2.75, 3.05) is 5.73 Å². The quantitative estimate of drug-likeness (QED) is 0.447. The number of rotatable bonds is 1. The first kappa shape index (κ1) is 12.6. The van der Waals surface area contributed by atoms with Crippen molar-refractivity contribution in [3.63, 3.8) is 0 Å². The molecule has 2 aromatic rings. The van der Waals surface area contributed by atoms with E-state index in [-0.39, 0.29) is 5.96 Å². The number of nitrogens with zero attached hydrogens (tertiary/aromatic N) is 5. The normalized spacial score (nSPS) is 9.29. The number of anilines is 1. The van der Waals surface area contributed by atoms with Gasteiger partial charge in [-0.1, -0.05) is 0 Å². The Hall–Kier alpha value is -2.51. The molecule has 92 valence electrons. The largest absolute Gasteiger partial charge is 0.396 e. The van der Waals surface area contributed by atoms with Gasteiger partial charge in [-0.25, -0.2) is 4.99 Å². The minimum Gasteiger partial charge on any atom is -0.396 e. The van der Waals surface area contributed by atoms with Gasteiger partial charge in [0, 0.05) is 20.3 Å². The third-order valence-electron chi connectivity index (χ3n) is 1.67. The smallest absolute Gasteiger partial charge is 0.191 e. The first-order chi connectivity index (χ1) is 7.97. The summed E-state index contributed by atoms with van der Waals surface area (Å²) in [7, 11) is 3.63. The molecule has 6 N–H and O–H groups in total. The van der Waals surface area contributed by atoms with Crippen molar-refractivity contribution < 1.29 is 0 Å². The van der Waals surface area contributed by atoms with Gasteiger partial charge in [-0.3, -0.25) is 9.36 Å². The van der Waals surface area contributed by atoms with Gasteiger partial charge >= 0.3 is 0 Å². The van der Waals surface area contributed by atoms with E-state index >= 15 is 0 Å². The maximum Gasteiger partial charge on any atom is 0.191 e. The molecule has 0 aromatic carbocycles. The van der Waals surface area contributed by atoms with Crippen LogP contribution in [0, 0.1) is 0 Å². The van der Waals surface area contributed by atoms with Crippen LogP contribution in [0.25, 0.3) is 0 Å². The van der Waals surface area contributed by atoms with Gasteiger partial charge in [0.25, 0.3) is 0 Å². The molecule has 0 atom stereocenters. The first-order valence-electron chi connectivity index (χ1n) is 4.80. The van der Waals surface area contributed by atoms with Crippen LogP contribution in [0.1, 0.15) is 0 Å². The zero-order chi connectivity index (χ0) is 12.8. The number of guanidine groups is 1. The lowest BCUT2D eigenvalue weighted by Crippen LogP contribution is -2.21. The minimum atomic E-state index is 0.0491. The van der Waals surface area contributed by atoms with E-state index in [9.17, 15) is 0 Å². The Labute approximate surface area is 98.7 Å². The van der Waals surface area contributed by atoms with Gasteiger partial charge in [0.1, 0.15) is 5.69 Å². The van der Waals surface area contributed by atoms with E-state index in [0.717, 1.165) is 0 Å². The maximum atomic E-state index is 5.30. The fourth-order valence-electron chi connectivity index (χ4n) is 1.06. The molecule has 0 unspecified atom stereocenters. The summed E-state index contributed by atoms with van der Waals surface area (Å²) in [5.74, 6) is 0.0491. The second-order valence-electron chi connectivity index (χ2n) is 3.36. The number of hydrogen-bond donors (Lipinski definition) is 3. The molecule has 0 radical (unpaired) electrons. The van der Waals surface area contributed by atoms with Crippen LogP contribution in [0.4, 0.5) is 11.4 Å². The summed E-state index contributed by atoms with van der Waals surface area (Å²) in [6.45, 7) is 0. The summed E-state index contributed by atoms with van der Waals surface area (Å²) in [6, 6.07) is 0. The van der Waals surface area contributed by atoms with Crippen molar-refractivity contribution in [1.29, 1.82) is 0 Å². The fraction of sp³-hybridized carbons (Fsp3) is 0.222. The molecule has 17 heavy (non-hydrogen) atoms. The van der Waals surface area contributed by atoms with E-state index in [1.54, 1.807) is 41.2 Å². The highest BCUT2D eigenvalue weighted by Gasteiger charge is 1.90. The highest BCUT2D eigenvalue weighted by atomic mass is 15.3. The number of aryl methyl sites for hydroxylation is 2. The summed E-state index contributed by atoms with van der Waals surface area (Å²) in [6.07, 6.45) is 6.67. The molecule has 2 aromatic heterocycles. The summed E-state index contributed by atoms with van der Waals surface area (Å²) < 4.78 is 3.29. The molecule has 0 aliphatic heterocycles. The lowest BCUT2D eigenvalue weighted by Gasteiger charge is -1.85. The fourth-order valence-corrected chi connectivity index (χ4v) is 1.06. The van der Waals surface area contributed by atoms with E-state index in [1.807, 2.05) is 7.05 Å². The standard InChI is InChI=1S/C5H9N5.C4H7N3/c1-10-3-4(2-8-10)9-5(6)7;1-7-3-4(5)2-6-7/h2-3H,1H3,(H4,6,7,9);2-3H,5H2,1H3. The Bertz CT molecular complexity index is 474. The van der Waals surface area contributed by atoms with E-state index < -0.39 is 0 Å². The van der Waals surface area contributed by atoms with Gasteiger partial charge in [-0.05, 0) is 0 Å². The van der Waals surface area contributed by atoms with E-state index in [4.69, 9.17) is 17.2 Å². The van der Waals surface area contributed by atoms with Crippen LogP contribution in [0.5, 0.6) is 0 Å². The summed E-state index contributed by atoms with van der Waals surface area (Å²) >= 11 is 0. The maximum absolute atomic E-state index is 5.30. The van der Waals surface area contributed by atoms with Gasteiger partial charge in [0.2, 0.25) is 0 Å². The molecule has 2 rings (SSSR count). The van der Waals surface area contributed by atoms with Crippen LogP contribution in [0.2, 0.25) is 0 Å². The molecule has 8 nitrogen and oxygen atoms in total. The van der Waals surface area contributed by atoms with Gasteiger partial charge in [0.05, 0.1) is 24.3 Å². The van der Waals surface area contributed by atoms with Gasteiger partial charge in [-0.15, -0.1) is 0 Å². The van der Waals surface area contributed by atoms with Crippen LogP contribution < -0.4 is 17.2 Å². The Morgan fingerprint density at radius 2 is 1.71 bits per heavy atom. The predicted octanol–water partition coefficient (Wildman–Crippen LogP) is -0.673. The molecule has 0 amide bonds. The molecule has 8 heteroatoms. The molecule has 2 heterocycles. The molecule has 0 saturated carbocycles. The van der Waals surface area contributed by atoms with Crippen LogP contribution in [-0.2, 0) is 14.1 Å². The summed E-state index contributed by atoms with van der Waals surface area (Å²) in [5, 5.41) is 7.68. The lowest BCUT2D eigenvalue weighted by molar-refractivity contribution is 0.768. The second-order valence-corrected chi connectivity index (χ2v) is 3.36. The average Bonchev–Trinajstić information content (AvgIpc) is 2.76. The van der Waals surface area contributed by atoms with Crippen LogP contribution in [0.3, 0.4) is 0 Å². The number of nitrogens with two attached hydrogens (primary N) is 3. The van der Waals surface area contributed by atoms with Crippen molar-refractivity contribution in [3.05, 3.63) is 24.8 Å².